The fourth-order valence-corrected chi connectivity index (χ4v) is 4.18. The Labute approximate surface area is 181 Å². The molecule has 3 aromatic rings. The molecule has 0 atom stereocenters. The second-order valence-electron chi connectivity index (χ2n) is 6.41. The monoisotopic (exact) mass is 439 g/mol. The van der Waals surface area contributed by atoms with E-state index in [1.165, 1.54) is 36.0 Å². The Balaban J connectivity index is 1.80. The Morgan fingerprint density at radius 2 is 1.50 bits per heavy atom. The third kappa shape index (κ3) is 3.84. The van der Waals surface area contributed by atoms with Crippen molar-refractivity contribution >= 4 is 46.4 Å². The average molecular weight is 440 g/mol. The van der Waals surface area contributed by atoms with Gasteiger partial charge in [0.1, 0.15) is 11.6 Å². The first-order chi connectivity index (χ1) is 14.5. The van der Waals surface area contributed by atoms with Crippen LogP contribution in [0.5, 0.6) is 5.75 Å². The van der Waals surface area contributed by atoms with E-state index in [2.05, 4.69) is 0 Å². The molecule has 0 saturated heterocycles. The van der Waals surface area contributed by atoms with Crippen molar-refractivity contribution in [1.82, 2.24) is 0 Å². The zero-order chi connectivity index (χ0) is 21.3. The summed E-state index contributed by atoms with van der Waals surface area (Å²) in [4.78, 5) is 28.7. The SMILES string of the molecule is COc1ccc(C2=C(Sc3ccc(Cl)cc3)C(=O)N(c3ccc(F)cc3)C2=O)cc1. The predicted molar refractivity (Wildman–Crippen MR) is 116 cm³/mol. The van der Waals surface area contributed by atoms with E-state index in [1.807, 2.05) is 0 Å². The number of halogens is 2. The molecule has 4 nitrogen and oxygen atoms in total. The molecule has 0 bridgehead atoms. The highest BCUT2D eigenvalue weighted by molar-refractivity contribution is 8.04. The van der Waals surface area contributed by atoms with Crippen molar-refractivity contribution < 1.29 is 18.7 Å². The summed E-state index contributed by atoms with van der Waals surface area (Å²) in [6, 6.07) is 19.2. The minimum atomic E-state index is -0.465. The molecule has 0 N–H and O–H groups in total. The van der Waals surface area contributed by atoms with Crippen LogP contribution in [0.15, 0.2) is 82.6 Å². The summed E-state index contributed by atoms with van der Waals surface area (Å²) in [6.45, 7) is 0. The Morgan fingerprint density at radius 3 is 2.10 bits per heavy atom. The first kappa shape index (κ1) is 20.2. The topological polar surface area (TPSA) is 46.6 Å². The molecule has 1 aliphatic rings. The quantitative estimate of drug-likeness (QED) is 0.488. The fourth-order valence-electron chi connectivity index (χ4n) is 3.06. The van der Waals surface area contributed by atoms with Crippen LogP contribution in [-0.4, -0.2) is 18.9 Å². The van der Waals surface area contributed by atoms with Crippen LogP contribution in [0.25, 0.3) is 5.57 Å². The van der Waals surface area contributed by atoms with Gasteiger partial charge in [0.25, 0.3) is 11.8 Å². The Morgan fingerprint density at radius 1 is 0.867 bits per heavy atom. The van der Waals surface area contributed by atoms with Crippen LogP contribution in [0.2, 0.25) is 5.02 Å². The van der Waals surface area contributed by atoms with Crippen LogP contribution < -0.4 is 9.64 Å². The summed E-state index contributed by atoms with van der Waals surface area (Å²) in [5, 5.41) is 0.575. The minimum absolute atomic E-state index is 0.284. The molecule has 0 aliphatic carbocycles. The summed E-state index contributed by atoms with van der Waals surface area (Å²) in [5.74, 6) is -0.735. The molecule has 0 saturated carbocycles. The van der Waals surface area contributed by atoms with Gasteiger partial charge in [-0.15, -0.1) is 0 Å². The summed E-state index contributed by atoms with van der Waals surface area (Å²) in [6.07, 6.45) is 0. The van der Waals surface area contributed by atoms with Gasteiger partial charge >= 0.3 is 0 Å². The first-order valence-electron chi connectivity index (χ1n) is 8.94. The maximum Gasteiger partial charge on any atom is 0.272 e. The number of rotatable bonds is 5. The number of hydrogen-bond donors (Lipinski definition) is 0. The molecule has 1 aliphatic heterocycles. The number of methoxy groups -OCH3 is 1. The lowest BCUT2D eigenvalue weighted by atomic mass is 10.1. The van der Waals surface area contributed by atoms with Crippen molar-refractivity contribution in [2.24, 2.45) is 0 Å². The van der Waals surface area contributed by atoms with E-state index in [0.717, 1.165) is 9.80 Å². The Hall–Kier alpha value is -3.09. The smallest absolute Gasteiger partial charge is 0.272 e. The van der Waals surface area contributed by atoms with Crippen LogP contribution in [0, 0.1) is 5.82 Å². The highest BCUT2D eigenvalue weighted by Crippen LogP contribution is 2.41. The number of nitrogens with zero attached hydrogens (tertiary/aromatic N) is 1. The lowest BCUT2D eigenvalue weighted by molar-refractivity contribution is -0.119. The third-order valence-electron chi connectivity index (χ3n) is 4.54. The van der Waals surface area contributed by atoms with Gasteiger partial charge in [0, 0.05) is 9.92 Å². The van der Waals surface area contributed by atoms with E-state index in [0.29, 0.717) is 22.0 Å². The number of anilines is 1. The average Bonchev–Trinajstić information content (AvgIpc) is 3.00. The van der Waals surface area contributed by atoms with Crippen molar-refractivity contribution in [2.45, 2.75) is 4.90 Å². The molecule has 4 rings (SSSR count). The van der Waals surface area contributed by atoms with Gasteiger partial charge in [-0.2, -0.15) is 0 Å². The summed E-state index contributed by atoms with van der Waals surface area (Å²) in [7, 11) is 1.55. The molecule has 1 heterocycles. The lowest BCUT2D eigenvalue weighted by Crippen LogP contribution is -2.31. The van der Waals surface area contributed by atoms with Crippen molar-refractivity contribution in [3.05, 3.63) is 94.1 Å². The molecular formula is C23H15ClFNO3S. The number of imide groups is 1. The number of carbonyl (C=O) groups is 2. The van der Waals surface area contributed by atoms with Gasteiger partial charge in [0.2, 0.25) is 0 Å². The van der Waals surface area contributed by atoms with Crippen molar-refractivity contribution in [3.63, 3.8) is 0 Å². The fraction of sp³-hybridized carbons (Fsp3) is 0.0435. The van der Waals surface area contributed by atoms with Crippen molar-refractivity contribution in [1.29, 1.82) is 0 Å². The Bertz CT molecular complexity index is 1140. The largest absolute Gasteiger partial charge is 0.497 e. The molecule has 3 aromatic carbocycles. The molecule has 0 radical (unpaired) electrons. The second kappa shape index (κ2) is 8.34. The molecule has 150 valence electrons. The predicted octanol–water partition coefficient (Wildman–Crippen LogP) is 5.56. The van der Waals surface area contributed by atoms with E-state index in [9.17, 15) is 14.0 Å². The van der Waals surface area contributed by atoms with Crippen LogP contribution in [0.4, 0.5) is 10.1 Å². The van der Waals surface area contributed by atoms with Gasteiger partial charge in [-0.05, 0) is 66.2 Å². The molecule has 0 spiro atoms. The van der Waals surface area contributed by atoms with Crippen LogP contribution in [-0.2, 0) is 9.59 Å². The van der Waals surface area contributed by atoms with Gasteiger partial charge < -0.3 is 4.74 Å². The maximum atomic E-state index is 13.4. The third-order valence-corrected chi connectivity index (χ3v) is 5.88. The van der Waals surface area contributed by atoms with Crippen LogP contribution >= 0.6 is 23.4 Å². The number of hydrogen-bond acceptors (Lipinski definition) is 4. The van der Waals surface area contributed by atoms with E-state index < -0.39 is 17.6 Å². The van der Waals surface area contributed by atoms with E-state index in [4.69, 9.17) is 16.3 Å². The second-order valence-corrected chi connectivity index (χ2v) is 7.93. The molecule has 30 heavy (non-hydrogen) atoms. The van der Waals surface area contributed by atoms with E-state index >= 15 is 0 Å². The number of ether oxygens (including phenoxy) is 1. The zero-order valence-corrected chi connectivity index (χ0v) is 17.3. The van der Waals surface area contributed by atoms with Crippen molar-refractivity contribution in [3.8, 4) is 5.75 Å². The highest BCUT2D eigenvalue weighted by atomic mass is 35.5. The molecule has 0 unspecified atom stereocenters. The normalized spacial score (nSPS) is 13.9. The molecule has 2 amide bonds. The van der Waals surface area contributed by atoms with E-state index in [-0.39, 0.29) is 10.5 Å². The highest BCUT2D eigenvalue weighted by Gasteiger charge is 2.40. The summed E-state index contributed by atoms with van der Waals surface area (Å²) in [5.41, 5.74) is 1.19. The Kier molecular flexibility index (Phi) is 5.61. The standard InChI is InChI=1S/C23H15ClFNO3S/c1-29-18-10-2-14(3-11-18)20-21(30-19-12-4-15(24)5-13-19)23(28)26(22(20)27)17-8-6-16(25)7-9-17/h2-13H,1H3. The van der Waals surface area contributed by atoms with Crippen LogP contribution in [0.1, 0.15) is 5.56 Å². The molecule has 7 heteroatoms. The zero-order valence-electron chi connectivity index (χ0n) is 15.8. The molecular weight excluding hydrogens is 425 g/mol. The number of benzene rings is 3. The van der Waals surface area contributed by atoms with Crippen molar-refractivity contribution in [2.75, 3.05) is 12.0 Å². The van der Waals surface area contributed by atoms with Crippen LogP contribution in [0.3, 0.4) is 0 Å². The molecule has 0 aromatic heterocycles. The van der Waals surface area contributed by atoms with Gasteiger partial charge in [-0.25, -0.2) is 9.29 Å². The summed E-state index contributed by atoms with van der Waals surface area (Å²) >= 11 is 7.15. The lowest BCUT2D eigenvalue weighted by Gasteiger charge is -2.15. The first-order valence-corrected chi connectivity index (χ1v) is 10.1. The van der Waals surface area contributed by atoms with Gasteiger partial charge in [0.15, 0.2) is 0 Å². The van der Waals surface area contributed by atoms with Gasteiger partial charge in [0.05, 0.1) is 23.3 Å². The maximum absolute atomic E-state index is 13.4. The molecule has 0 fully saturated rings. The number of carbonyl (C=O) groups excluding carboxylic acids is 2. The summed E-state index contributed by atoms with van der Waals surface area (Å²) < 4.78 is 18.5. The number of thioether (sulfide) groups is 1. The van der Waals surface area contributed by atoms with E-state index in [1.54, 1.807) is 55.6 Å². The van der Waals surface area contributed by atoms with Gasteiger partial charge in [-0.1, -0.05) is 35.5 Å². The van der Waals surface area contributed by atoms with Gasteiger partial charge in [-0.3, -0.25) is 9.59 Å². The minimum Gasteiger partial charge on any atom is -0.497 e. The number of amides is 2.